The minimum atomic E-state index is 0. The van der Waals surface area contributed by atoms with Crippen molar-refractivity contribution in [1.29, 1.82) is 0 Å². The maximum Gasteiger partial charge on any atom is 3.00 e. The van der Waals surface area contributed by atoms with Crippen molar-refractivity contribution in [2.75, 3.05) is 0 Å². The second kappa shape index (κ2) is 6.59. The molecule has 1 aromatic rings. The Bertz CT molecular complexity index is 447. The zero-order valence-electron chi connectivity index (χ0n) is 8.45. The molecule has 0 heterocycles. The van der Waals surface area contributed by atoms with Crippen LogP contribution in [0.3, 0.4) is 0 Å². The van der Waals surface area contributed by atoms with Crippen LogP contribution in [0.1, 0.15) is 17.0 Å². The number of allylic oxidation sites excluding steroid dienone is 5. The molecule has 0 spiro atoms. The minimum absolute atomic E-state index is 0. The van der Waals surface area contributed by atoms with E-state index in [1.807, 2.05) is 0 Å². The number of hydrogen-bond acceptors (Lipinski definition) is 0. The summed E-state index contributed by atoms with van der Waals surface area (Å²) in [5.41, 5.74) is 3.93. The van der Waals surface area contributed by atoms with Gasteiger partial charge in [0.15, 0.2) is 0 Å². The van der Waals surface area contributed by atoms with E-state index in [0.29, 0.717) is 5.92 Å². The Morgan fingerprint density at radius 3 is 2.56 bits per heavy atom. The molecule has 16 heavy (non-hydrogen) atoms. The molecule has 0 aliphatic heterocycles. The molecule has 79 valence electrons. The summed E-state index contributed by atoms with van der Waals surface area (Å²) in [6.07, 6.45) is 12.0. The van der Waals surface area contributed by atoms with Crippen molar-refractivity contribution in [3.63, 3.8) is 0 Å². The summed E-state index contributed by atoms with van der Waals surface area (Å²) in [6.45, 7) is 0. The van der Waals surface area contributed by atoms with Crippen LogP contribution < -0.4 is 24.8 Å². The van der Waals surface area contributed by atoms with Gasteiger partial charge in [-0.25, -0.2) is 0 Å². The molecule has 0 aromatic heterocycles. The maximum absolute atomic E-state index is 3.42. The van der Waals surface area contributed by atoms with Gasteiger partial charge in [0.25, 0.3) is 0 Å². The number of benzene rings is 1. The zero-order valence-corrected chi connectivity index (χ0v) is 12.4. The van der Waals surface area contributed by atoms with E-state index < -0.39 is 0 Å². The number of fused-ring (bicyclic) bond motifs is 3. The first kappa shape index (κ1) is 15.9. The fourth-order valence-corrected chi connectivity index (χ4v) is 1.97. The summed E-state index contributed by atoms with van der Waals surface area (Å²) in [6, 6.07) is 8.47. The van der Waals surface area contributed by atoms with Crippen LogP contribution in [0, 0.1) is 6.08 Å². The molecule has 0 amide bonds. The third-order valence-electron chi connectivity index (χ3n) is 2.60. The number of halogens is 2. The Kier molecular flexibility index (Phi) is 6.55. The van der Waals surface area contributed by atoms with Crippen molar-refractivity contribution in [2.24, 2.45) is 0 Å². The van der Waals surface area contributed by atoms with Gasteiger partial charge >= 0.3 is 26.2 Å². The fraction of sp³-hybridized carbons (Fsp3) is 0.0769. The predicted molar refractivity (Wildman–Crippen MR) is 53.3 cm³/mol. The zero-order chi connectivity index (χ0) is 8.67. The van der Waals surface area contributed by atoms with Crippen LogP contribution in [0.15, 0.2) is 54.1 Å². The van der Waals surface area contributed by atoms with E-state index in [2.05, 4.69) is 54.6 Å². The first-order valence-corrected chi connectivity index (χ1v) is 4.53. The van der Waals surface area contributed by atoms with Gasteiger partial charge in [-0.2, -0.15) is 0 Å². The van der Waals surface area contributed by atoms with Gasteiger partial charge in [-0.3, -0.25) is 0 Å². The molecule has 1 unspecified atom stereocenters. The van der Waals surface area contributed by atoms with E-state index in [-0.39, 0.29) is 51.0 Å². The molecule has 0 N–H and O–H groups in total. The van der Waals surface area contributed by atoms with Crippen molar-refractivity contribution in [2.45, 2.75) is 5.92 Å². The molecule has 1 atom stereocenters. The standard InChI is InChI=1S/C13H9.2ClH.Zr/c1-3-7-12-10(5-1)9-11-6-2-4-8-13(11)12;;;/h1-8,12H;2*1H;/q-1;;;+3/p-2. The van der Waals surface area contributed by atoms with E-state index in [4.69, 9.17) is 0 Å². The first-order valence-electron chi connectivity index (χ1n) is 4.53. The molecule has 0 fully saturated rings. The maximum atomic E-state index is 3.42. The van der Waals surface area contributed by atoms with Crippen LogP contribution in [0.4, 0.5) is 0 Å². The molecule has 3 heteroatoms. The molecule has 2 aliphatic carbocycles. The SMILES string of the molecule is [C-]1=C2C=CC=CC2c2ccccc21.[Cl-].[Cl-].[Zr+3]. The topological polar surface area (TPSA) is 0 Å². The molecule has 0 saturated heterocycles. The minimum Gasteiger partial charge on any atom is -1.00 e. The van der Waals surface area contributed by atoms with Crippen molar-refractivity contribution in [3.8, 4) is 0 Å². The molecule has 1 radical (unpaired) electrons. The summed E-state index contributed by atoms with van der Waals surface area (Å²) in [4.78, 5) is 0. The van der Waals surface area contributed by atoms with Crippen molar-refractivity contribution < 1.29 is 51.0 Å². The second-order valence-corrected chi connectivity index (χ2v) is 3.39. The van der Waals surface area contributed by atoms with E-state index in [1.165, 1.54) is 16.7 Å². The molecule has 3 rings (SSSR count). The van der Waals surface area contributed by atoms with Crippen molar-refractivity contribution >= 4 is 0 Å². The molecule has 0 saturated carbocycles. The van der Waals surface area contributed by atoms with Gasteiger partial charge in [0.05, 0.1) is 0 Å². The quantitative estimate of drug-likeness (QED) is 0.446. The van der Waals surface area contributed by atoms with E-state index in [0.717, 1.165) is 0 Å². The Balaban J connectivity index is 0.000000750. The van der Waals surface area contributed by atoms with Gasteiger partial charge in [-0.1, -0.05) is 18.2 Å². The van der Waals surface area contributed by atoms with Crippen LogP contribution in [0.25, 0.3) is 0 Å². The first-order chi connectivity index (χ1) is 6.45. The van der Waals surface area contributed by atoms with Crippen LogP contribution >= 0.6 is 0 Å². The van der Waals surface area contributed by atoms with Crippen molar-refractivity contribution in [3.05, 3.63) is 71.3 Å². The van der Waals surface area contributed by atoms with Gasteiger partial charge < -0.3 is 24.8 Å². The second-order valence-electron chi connectivity index (χ2n) is 3.39. The molecule has 1 aromatic carbocycles. The van der Waals surface area contributed by atoms with Gasteiger partial charge in [-0.15, -0.1) is 53.1 Å². The van der Waals surface area contributed by atoms with E-state index >= 15 is 0 Å². The Hall–Kier alpha value is -0.0969. The van der Waals surface area contributed by atoms with Crippen molar-refractivity contribution in [1.82, 2.24) is 0 Å². The molecule has 0 bridgehead atoms. The average molecular weight is 327 g/mol. The van der Waals surface area contributed by atoms with Crippen LogP contribution in [0.5, 0.6) is 0 Å². The molecular weight excluding hydrogens is 318 g/mol. The van der Waals surface area contributed by atoms with Gasteiger partial charge in [0, 0.05) is 0 Å². The van der Waals surface area contributed by atoms with Gasteiger partial charge in [0.1, 0.15) is 0 Å². The van der Waals surface area contributed by atoms with E-state index in [1.54, 1.807) is 0 Å². The van der Waals surface area contributed by atoms with Gasteiger partial charge in [-0.05, 0) is 5.92 Å². The van der Waals surface area contributed by atoms with Gasteiger partial charge in [0.2, 0.25) is 0 Å². The third-order valence-corrected chi connectivity index (χ3v) is 2.60. The average Bonchev–Trinajstić information content (AvgIpc) is 2.56. The molecular formula is C13H9Cl2Zr. The summed E-state index contributed by atoms with van der Waals surface area (Å²) in [7, 11) is 0. The van der Waals surface area contributed by atoms with Crippen LogP contribution in [-0.2, 0) is 26.2 Å². The smallest absolute Gasteiger partial charge is 1.00 e. The molecule has 2 aliphatic rings. The fourth-order valence-electron chi connectivity index (χ4n) is 1.97. The predicted octanol–water partition coefficient (Wildman–Crippen LogP) is -3.01. The van der Waals surface area contributed by atoms with Crippen LogP contribution in [0.2, 0.25) is 0 Å². The number of hydrogen-bond donors (Lipinski definition) is 0. The Morgan fingerprint density at radius 1 is 1.00 bits per heavy atom. The molecule has 0 nitrogen and oxygen atoms in total. The van der Waals surface area contributed by atoms with Crippen LogP contribution in [-0.4, -0.2) is 0 Å². The Labute approximate surface area is 127 Å². The summed E-state index contributed by atoms with van der Waals surface area (Å²) in [5.74, 6) is 0.459. The number of rotatable bonds is 0. The third kappa shape index (κ3) is 2.59. The summed E-state index contributed by atoms with van der Waals surface area (Å²) in [5, 5.41) is 0. The summed E-state index contributed by atoms with van der Waals surface area (Å²) >= 11 is 0. The van der Waals surface area contributed by atoms with E-state index in [9.17, 15) is 0 Å². The summed E-state index contributed by atoms with van der Waals surface area (Å²) < 4.78 is 0. The monoisotopic (exact) mass is 325 g/mol. The normalized spacial score (nSPS) is 18.2. The largest absolute Gasteiger partial charge is 3.00 e. The Morgan fingerprint density at radius 2 is 1.75 bits per heavy atom.